The van der Waals surface area contributed by atoms with E-state index in [0.29, 0.717) is 25.5 Å². The predicted octanol–water partition coefficient (Wildman–Crippen LogP) is 2.71. The molecule has 28 heavy (non-hydrogen) atoms. The van der Waals surface area contributed by atoms with Crippen molar-refractivity contribution in [1.82, 2.24) is 20.2 Å². The van der Waals surface area contributed by atoms with Crippen molar-refractivity contribution in [2.75, 3.05) is 51.0 Å². The fraction of sp³-hybridized carbons (Fsp3) is 0.500. The lowest BCUT2D eigenvalue weighted by atomic mass is 10.1. The summed E-state index contributed by atoms with van der Waals surface area (Å²) in [6.45, 7) is 5.65. The Bertz CT molecular complexity index is 787. The zero-order chi connectivity index (χ0) is 19.9. The second-order valence-corrected chi connectivity index (χ2v) is 6.98. The number of nitrogens with one attached hydrogen (secondary N) is 3. The van der Waals surface area contributed by atoms with Crippen LogP contribution in [0.15, 0.2) is 24.3 Å². The van der Waals surface area contributed by atoms with E-state index < -0.39 is 6.17 Å². The number of likely N-dealkylation sites (tertiary alicyclic amines) is 1. The first-order valence-electron chi connectivity index (χ1n) is 9.62. The number of halogens is 1. The number of aryl methyl sites for hydroxylation is 1. The van der Waals surface area contributed by atoms with E-state index in [1.165, 1.54) is 0 Å². The molecule has 1 aromatic heterocycles. The third-order valence-electron chi connectivity index (χ3n) is 4.78. The molecule has 152 valence electrons. The topological polar surface area (TPSA) is 74.3 Å². The van der Waals surface area contributed by atoms with Crippen molar-refractivity contribution in [2.24, 2.45) is 0 Å². The lowest BCUT2D eigenvalue weighted by Gasteiger charge is -2.16. The van der Waals surface area contributed by atoms with Crippen molar-refractivity contribution in [3.63, 3.8) is 0 Å². The number of methoxy groups -OCH3 is 1. The first-order chi connectivity index (χ1) is 13.6. The average molecular weight is 388 g/mol. The highest BCUT2D eigenvalue weighted by Crippen LogP contribution is 2.24. The predicted molar refractivity (Wildman–Crippen MR) is 110 cm³/mol. The number of anilines is 3. The number of hydrogen-bond donors (Lipinski definition) is 3. The summed E-state index contributed by atoms with van der Waals surface area (Å²) in [6, 6.07) is 7.80. The number of hydrogen-bond acceptors (Lipinski definition) is 7. The minimum atomic E-state index is -0.671. The molecule has 0 amide bonds. The van der Waals surface area contributed by atoms with Crippen LogP contribution in [-0.4, -0.2) is 61.4 Å². The minimum absolute atomic E-state index is 0.545. The third-order valence-corrected chi connectivity index (χ3v) is 4.78. The van der Waals surface area contributed by atoms with Crippen molar-refractivity contribution < 1.29 is 9.13 Å². The Morgan fingerprint density at radius 2 is 2.14 bits per heavy atom. The number of rotatable bonds is 9. The normalized spacial score (nSPS) is 16.9. The first kappa shape index (κ1) is 20.3. The van der Waals surface area contributed by atoms with Crippen LogP contribution in [0.25, 0.3) is 0 Å². The van der Waals surface area contributed by atoms with Crippen LogP contribution >= 0.6 is 0 Å². The molecule has 0 radical (unpaired) electrons. The van der Waals surface area contributed by atoms with Crippen LogP contribution in [0.5, 0.6) is 5.75 Å². The molecule has 2 aromatic rings. The Morgan fingerprint density at radius 1 is 1.29 bits per heavy atom. The molecule has 0 spiro atoms. The van der Waals surface area contributed by atoms with Gasteiger partial charge in [-0.15, -0.1) is 0 Å². The van der Waals surface area contributed by atoms with Gasteiger partial charge in [0, 0.05) is 62.8 Å². The van der Waals surface area contributed by atoms with Gasteiger partial charge in [0.2, 0.25) is 5.95 Å². The highest BCUT2D eigenvalue weighted by atomic mass is 19.1. The average Bonchev–Trinajstić information content (AvgIpc) is 3.10. The van der Waals surface area contributed by atoms with Gasteiger partial charge in [0.05, 0.1) is 7.11 Å². The molecule has 0 bridgehead atoms. The van der Waals surface area contributed by atoms with Gasteiger partial charge < -0.3 is 20.7 Å². The Morgan fingerprint density at radius 3 is 2.86 bits per heavy atom. The summed E-state index contributed by atoms with van der Waals surface area (Å²) in [7, 11) is 3.50. The van der Waals surface area contributed by atoms with Gasteiger partial charge in [0.15, 0.2) is 0 Å². The van der Waals surface area contributed by atoms with Gasteiger partial charge in [-0.25, -0.2) is 9.37 Å². The molecule has 7 nitrogen and oxygen atoms in total. The summed E-state index contributed by atoms with van der Waals surface area (Å²) in [5.41, 5.74) is 2.82. The molecule has 1 fully saturated rings. The second kappa shape index (κ2) is 9.66. The van der Waals surface area contributed by atoms with Crippen molar-refractivity contribution in [3.05, 3.63) is 35.5 Å². The molecule has 0 aliphatic carbocycles. The monoisotopic (exact) mass is 388 g/mol. The maximum Gasteiger partial charge on any atom is 0.229 e. The maximum atomic E-state index is 13.2. The molecule has 1 unspecified atom stereocenters. The molecule has 2 heterocycles. The van der Waals surface area contributed by atoms with Crippen molar-refractivity contribution >= 4 is 17.5 Å². The Balaban J connectivity index is 1.60. The summed E-state index contributed by atoms with van der Waals surface area (Å²) in [5.74, 6) is 2.13. The molecule has 3 N–H and O–H groups in total. The third kappa shape index (κ3) is 5.53. The van der Waals surface area contributed by atoms with Crippen LogP contribution in [0.4, 0.5) is 21.8 Å². The van der Waals surface area contributed by atoms with E-state index in [0.717, 1.165) is 48.1 Å². The van der Waals surface area contributed by atoms with Crippen LogP contribution in [0, 0.1) is 6.92 Å². The van der Waals surface area contributed by atoms with Crippen molar-refractivity contribution in [3.8, 4) is 5.75 Å². The summed E-state index contributed by atoms with van der Waals surface area (Å²) in [5, 5.41) is 9.71. The molecule has 1 aromatic carbocycles. The molecule has 1 saturated heterocycles. The molecule has 8 heteroatoms. The van der Waals surface area contributed by atoms with Gasteiger partial charge in [0.25, 0.3) is 0 Å². The highest BCUT2D eigenvalue weighted by molar-refractivity contribution is 5.58. The quantitative estimate of drug-likeness (QED) is 0.570. The van der Waals surface area contributed by atoms with Crippen LogP contribution < -0.4 is 20.7 Å². The van der Waals surface area contributed by atoms with Crippen LogP contribution in [-0.2, 0) is 6.54 Å². The number of benzene rings is 1. The first-order valence-corrected chi connectivity index (χ1v) is 9.62. The van der Waals surface area contributed by atoms with Crippen LogP contribution in [0.1, 0.15) is 17.7 Å². The van der Waals surface area contributed by atoms with E-state index >= 15 is 0 Å². The zero-order valence-corrected chi connectivity index (χ0v) is 16.8. The maximum absolute atomic E-state index is 13.2. The molecular weight excluding hydrogens is 359 g/mol. The summed E-state index contributed by atoms with van der Waals surface area (Å²) >= 11 is 0. The van der Waals surface area contributed by atoms with Crippen molar-refractivity contribution in [2.45, 2.75) is 26.1 Å². The van der Waals surface area contributed by atoms with E-state index in [1.54, 1.807) is 7.11 Å². The number of alkyl halides is 1. The Labute approximate surface area is 165 Å². The van der Waals surface area contributed by atoms with Crippen LogP contribution in [0.2, 0.25) is 0 Å². The van der Waals surface area contributed by atoms with Gasteiger partial charge in [0.1, 0.15) is 17.7 Å². The standard InChI is InChI=1S/C20H29FN6O/c1-14-10-19(22-2)26-20(24-14)25-17-4-5-18(28-3)15(11-17)12-23-7-9-27-8-6-16(21)13-27/h4-5,10-11,16,23H,6-9,12-13H2,1-3H3,(H2,22,24,25,26). The molecular formula is C20H29FN6O. The molecule has 1 atom stereocenters. The van der Waals surface area contributed by atoms with Gasteiger partial charge in [-0.2, -0.15) is 4.98 Å². The zero-order valence-electron chi connectivity index (χ0n) is 16.8. The fourth-order valence-electron chi connectivity index (χ4n) is 3.32. The van der Waals surface area contributed by atoms with Crippen molar-refractivity contribution in [1.29, 1.82) is 0 Å². The largest absolute Gasteiger partial charge is 0.496 e. The lowest BCUT2D eigenvalue weighted by Crippen LogP contribution is -2.30. The molecule has 1 aliphatic rings. The van der Waals surface area contributed by atoms with E-state index in [-0.39, 0.29) is 0 Å². The second-order valence-electron chi connectivity index (χ2n) is 6.98. The van der Waals surface area contributed by atoms with E-state index in [1.807, 2.05) is 38.2 Å². The Kier molecular flexibility index (Phi) is 7.00. The van der Waals surface area contributed by atoms with E-state index in [4.69, 9.17) is 4.74 Å². The van der Waals surface area contributed by atoms with Gasteiger partial charge in [-0.1, -0.05) is 0 Å². The Hall–Kier alpha value is -2.45. The van der Waals surface area contributed by atoms with Gasteiger partial charge in [-0.05, 0) is 31.5 Å². The van der Waals surface area contributed by atoms with Crippen LogP contribution in [0.3, 0.4) is 0 Å². The number of nitrogens with zero attached hydrogens (tertiary/aromatic N) is 3. The molecule has 0 saturated carbocycles. The lowest BCUT2D eigenvalue weighted by molar-refractivity contribution is 0.287. The fourth-order valence-corrected chi connectivity index (χ4v) is 3.32. The summed E-state index contributed by atoms with van der Waals surface area (Å²) in [4.78, 5) is 11.0. The number of ether oxygens (including phenoxy) is 1. The highest BCUT2D eigenvalue weighted by Gasteiger charge is 2.20. The van der Waals surface area contributed by atoms with Gasteiger partial charge >= 0.3 is 0 Å². The molecule has 3 rings (SSSR count). The summed E-state index contributed by atoms with van der Waals surface area (Å²) in [6.07, 6.45) is -0.0206. The summed E-state index contributed by atoms with van der Waals surface area (Å²) < 4.78 is 18.7. The smallest absolute Gasteiger partial charge is 0.229 e. The minimum Gasteiger partial charge on any atom is -0.496 e. The number of aromatic nitrogens is 2. The van der Waals surface area contributed by atoms with E-state index in [9.17, 15) is 4.39 Å². The van der Waals surface area contributed by atoms with Gasteiger partial charge in [-0.3, -0.25) is 4.90 Å². The van der Waals surface area contributed by atoms with E-state index in [2.05, 4.69) is 30.8 Å². The SMILES string of the molecule is CNc1cc(C)nc(Nc2ccc(OC)c(CNCCN3CCC(F)C3)c2)n1. The molecule has 1 aliphatic heterocycles.